The average Bonchev–Trinajstić information content (AvgIpc) is 2.93. The maximum atomic E-state index is 12.6. The number of carbonyl (C=O) groups is 1. The number of pyridine rings is 1. The van der Waals surface area contributed by atoms with Gasteiger partial charge in [0.15, 0.2) is 5.69 Å². The standard InChI is InChI=1S/C15H16ClF3N4O2/c1-3-25-12-5-4-10(16)13(21-12)14(24)22(2)8-11-20-6-7-23(11)9-15(17,18)19/h4-7H,3,8-9H2,1-2H3. The second-order valence-corrected chi connectivity index (χ2v) is 5.57. The second-order valence-electron chi connectivity index (χ2n) is 5.16. The minimum atomic E-state index is -4.38. The molecule has 0 aromatic carbocycles. The van der Waals surface area contributed by atoms with Crippen LogP contribution in [0, 0.1) is 0 Å². The van der Waals surface area contributed by atoms with Crippen molar-refractivity contribution in [3.05, 3.63) is 41.1 Å². The van der Waals surface area contributed by atoms with Crippen molar-refractivity contribution < 1.29 is 22.7 Å². The highest BCUT2D eigenvalue weighted by Gasteiger charge is 2.29. The Morgan fingerprint density at radius 3 is 2.76 bits per heavy atom. The lowest BCUT2D eigenvalue weighted by Gasteiger charge is -2.18. The van der Waals surface area contributed by atoms with Crippen LogP contribution < -0.4 is 4.74 Å². The molecule has 25 heavy (non-hydrogen) atoms. The largest absolute Gasteiger partial charge is 0.478 e. The number of nitrogens with zero attached hydrogens (tertiary/aromatic N) is 4. The van der Waals surface area contributed by atoms with E-state index < -0.39 is 18.6 Å². The molecule has 0 aliphatic heterocycles. The first kappa shape index (κ1) is 19.0. The molecule has 0 N–H and O–H groups in total. The van der Waals surface area contributed by atoms with Crippen molar-refractivity contribution in [2.75, 3.05) is 13.7 Å². The van der Waals surface area contributed by atoms with Crippen molar-refractivity contribution in [3.63, 3.8) is 0 Å². The smallest absolute Gasteiger partial charge is 0.406 e. The van der Waals surface area contributed by atoms with E-state index in [0.717, 1.165) is 4.57 Å². The number of imidazole rings is 1. The summed E-state index contributed by atoms with van der Waals surface area (Å²) in [6.07, 6.45) is -1.92. The van der Waals surface area contributed by atoms with Crippen LogP contribution in [-0.4, -0.2) is 45.2 Å². The van der Waals surface area contributed by atoms with Crippen molar-refractivity contribution in [2.24, 2.45) is 0 Å². The second kappa shape index (κ2) is 7.73. The van der Waals surface area contributed by atoms with E-state index in [1.807, 2.05) is 0 Å². The molecule has 0 bridgehead atoms. The molecule has 0 saturated heterocycles. The third-order valence-electron chi connectivity index (χ3n) is 3.19. The van der Waals surface area contributed by atoms with Gasteiger partial charge in [0.1, 0.15) is 12.4 Å². The van der Waals surface area contributed by atoms with Crippen LogP contribution >= 0.6 is 11.6 Å². The zero-order valence-electron chi connectivity index (χ0n) is 13.5. The number of halogens is 4. The van der Waals surface area contributed by atoms with Gasteiger partial charge in [0.05, 0.1) is 18.2 Å². The molecular formula is C15H16ClF3N4O2. The molecule has 2 aromatic heterocycles. The first-order valence-corrected chi connectivity index (χ1v) is 7.70. The Morgan fingerprint density at radius 2 is 2.12 bits per heavy atom. The molecule has 6 nitrogen and oxygen atoms in total. The van der Waals surface area contributed by atoms with Gasteiger partial charge < -0.3 is 14.2 Å². The van der Waals surface area contributed by atoms with E-state index in [1.165, 1.54) is 36.5 Å². The van der Waals surface area contributed by atoms with Crippen LogP contribution in [0.3, 0.4) is 0 Å². The Labute approximate surface area is 147 Å². The summed E-state index contributed by atoms with van der Waals surface area (Å²) in [5, 5.41) is 0.124. The lowest BCUT2D eigenvalue weighted by Crippen LogP contribution is -2.30. The molecule has 10 heteroatoms. The molecule has 136 valence electrons. The Morgan fingerprint density at radius 1 is 1.40 bits per heavy atom. The van der Waals surface area contributed by atoms with Gasteiger partial charge in [-0.3, -0.25) is 4.79 Å². The van der Waals surface area contributed by atoms with Crippen molar-refractivity contribution in [3.8, 4) is 5.88 Å². The first-order chi connectivity index (χ1) is 11.7. The fraction of sp³-hybridized carbons (Fsp3) is 0.400. The van der Waals surface area contributed by atoms with Crippen molar-refractivity contribution in [1.82, 2.24) is 19.4 Å². The summed E-state index contributed by atoms with van der Waals surface area (Å²) >= 11 is 6.00. The molecule has 0 radical (unpaired) electrons. The number of hydrogen-bond acceptors (Lipinski definition) is 4. The van der Waals surface area contributed by atoms with Gasteiger partial charge in [0.25, 0.3) is 5.91 Å². The highest BCUT2D eigenvalue weighted by atomic mass is 35.5. The number of amides is 1. The van der Waals surface area contributed by atoms with Gasteiger partial charge in [-0.1, -0.05) is 11.6 Å². The fourth-order valence-electron chi connectivity index (χ4n) is 2.10. The fourth-order valence-corrected chi connectivity index (χ4v) is 2.28. The van der Waals surface area contributed by atoms with Crippen LogP contribution in [0.2, 0.25) is 5.02 Å². The minimum absolute atomic E-state index is 0.0379. The van der Waals surface area contributed by atoms with Gasteiger partial charge in [-0.2, -0.15) is 13.2 Å². The van der Waals surface area contributed by atoms with E-state index in [2.05, 4.69) is 9.97 Å². The lowest BCUT2D eigenvalue weighted by molar-refractivity contribution is -0.141. The number of hydrogen-bond donors (Lipinski definition) is 0. The average molecular weight is 377 g/mol. The SMILES string of the molecule is CCOc1ccc(Cl)c(C(=O)N(C)Cc2nccn2CC(F)(F)F)n1. The predicted octanol–water partition coefficient (Wildman–Crippen LogP) is 3.16. The van der Waals surface area contributed by atoms with Crippen LogP contribution in [0.4, 0.5) is 13.2 Å². The van der Waals surface area contributed by atoms with E-state index in [0.29, 0.717) is 6.61 Å². The molecule has 0 unspecified atom stereocenters. The van der Waals surface area contributed by atoms with Crippen molar-refractivity contribution >= 4 is 17.5 Å². The summed E-state index contributed by atoms with van der Waals surface area (Å²) in [6.45, 7) is 0.833. The molecule has 2 rings (SSSR count). The van der Waals surface area contributed by atoms with Gasteiger partial charge in [-0.15, -0.1) is 0 Å². The minimum Gasteiger partial charge on any atom is -0.478 e. The molecule has 0 spiro atoms. The molecule has 0 fully saturated rings. The van der Waals surface area contributed by atoms with Crippen LogP contribution in [-0.2, 0) is 13.1 Å². The van der Waals surface area contributed by atoms with Crippen molar-refractivity contribution in [2.45, 2.75) is 26.2 Å². The predicted molar refractivity (Wildman–Crippen MR) is 84.5 cm³/mol. The molecule has 2 heterocycles. The molecule has 0 aliphatic rings. The molecule has 0 atom stereocenters. The van der Waals surface area contributed by atoms with E-state index in [9.17, 15) is 18.0 Å². The van der Waals surface area contributed by atoms with Gasteiger partial charge in [-0.25, -0.2) is 9.97 Å². The van der Waals surface area contributed by atoms with E-state index in [4.69, 9.17) is 16.3 Å². The van der Waals surface area contributed by atoms with Gasteiger partial charge >= 0.3 is 6.18 Å². The summed E-state index contributed by atoms with van der Waals surface area (Å²) in [7, 11) is 1.43. The Hall–Kier alpha value is -2.29. The lowest BCUT2D eigenvalue weighted by atomic mass is 10.3. The zero-order valence-corrected chi connectivity index (χ0v) is 14.3. The summed E-state index contributed by atoms with van der Waals surface area (Å²) in [6, 6.07) is 3.00. The Bertz CT molecular complexity index is 749. The van der Waals surface area contributed by atoms with Gasteiger partial charge in [0.2, 0.25) is 5.88 Å². The highest BCUT2D eigenvalue weighted by molar-refractivity contribution is 6.33. The third-order valence-corrected chi connectivity index (χ3v) is 3.50. The maximum absolute atomic E-state index is 12.6. The number of carbonyl (C=O) groups excluding carboxylic acids is 1. The number of ether oxygens (including phenoxy) is 1. The third kappa shape index (κ3) is 5.09. The van der Waals surface area contributed by atoms with Gasteiger partial charge in [-0.05, 0) is 13.0 Å². The van der Waals surface area contributed by atoms with Gasteiger partial charge in [0, 0.05) is 25.5 Å². The van der Waals surface area contributed by atoms with Crippen molar-refractivity contribution in [1.29, 1.82) is 0 Å². The quantitative estimate of drug-likeness (QED) is 0.777. The highest BCUT2D eigenvalue weighted by Crippen LogP contribution is 2.21. The summed E-state index contributed by atoms with van der Waals surface area (Å²) < 4.78 is 43.8. The summed E-state index contributed by atoms with van der Waals surface area (Å²) in [5.74, 6) is -0.208. The Kier molecular flexibility index (Phi) is 5.89. The molecule has 1 amide bonds. The number of alkyl halides is 3. The number of rotatable bonds is 6. The molecule has 0 saturated carbocycles. The van der Waals surface area contributed by atoms with Crippen LogP contribution in [0.15, 0.2) is 24.5 Å². The normalized spacial score (nSPS) is 11.4. The monoisotopic (exact) mass is 376 g/mol. The topological polar surface area (TPSA) is 60.2 Å². The van der Waals surface area contributed by atoms with E-state index in [-0.39, 0.29) is 29.0 Å². The van der Waals surface area contributed by atoms with Crippen LogP contribution in [0.1, 0.15) is 23.2 Å². The van der Waals surface area contributed by atoms with Crippen LogP contribution in [0.25, 0.3) is 0 Å². The van der Waals surface area contributed by atoms with Crippen LogP contribution in [0.5, 0.6) is 5.88 Å². The van der Waals surface area contributed by atoms with E-state index >= 15 is 0 Å². The summed E-state index contributed by atoms with van der Waals surface area (Å²) in [5.41, 5.74) is -0.0379. The van der Waals surface area contributed by atoms with E-state index in [1.54, 1.807) is 6.92 Å². The first-order valence-electron chi connectivity index (χ1n) is 7.33. The zero-order chi connectivity index (χ0) is 18.6. The summed E-state index contributed by atoms with van der Waals surface area (Å²) in [4.78, 5) is 21.6. The Balaban J connectivity index is 2.16. The molecular weight excluding hydrogens is 361 g/mol. The molecule has 0 aliphatic carbocycles. The number of aromatic nitrogens is 3. The maximum Gasteiger partial charge on any atom is 0.406 e. The molecule has 2 aromatic rings.